The molecule has 1 aromatic carbocycles. The van der Waals surface area contributed by atoms with Gasteiger partial charge < -0.3 is 20.9 Å². The number of hydrogen-bond donors (Lipinski definition) is 3. The Hall–Kier alpha value is -1.75. The SMILES string of the molecule is COc1cc(N)cc(C(=O)NC2(CO)CCC2)c1. The minimum absolute atomic E-state index is 0.0296. The molecule has 1 aliphatic carbocycles. The van der Waals surface area contributed by atoms with Crippen molar-refractivity contribution in [2.24, 2.45) is 0 Å². The topological polar surface area (TPSA) is 84.6 Å². The molecule has 0 spiro atoms. The molecule has 18 heavy (non-hydrogen) atoms. The molecule has 4 N–H and O–H groups in total. The van der Waals surface area contributed by atoms with Crippen LogP contribution in [0.4, 0.5) is 5.69 Å². The van der Waals surface area contributed by atoms with Crippen LogP contribution in [0.2, 0.25) is 0 Å². The predicted octanol–water partition coefficient (Wildman–Crippen LogP) is 0.922. The standard InChI is InChI=1S/C13H18N2O3/c1-18-11-6-9(5-10(14)7-11)12(17)15-13(8-16)3-2-4-13/h5-7,16H,2-4,8,14H2,1H3,(H,15,17). The van der Waals surface area contributed by atoms with Crippen LogP contribution in [0, 0.1) is 0 Å². The third-order valence-electron chi connectivity index (χ3n) is 3.42. The minimum Gasteiger partial charge on any atom is -0.497 e. The Morgan fingerprint density at radius 3 is 2.72 bits per heavy atom. The number of benzene rings is 1. The molecule has 1 amide bonds. The summed E-state index contributed by atoms with van der Waals surface area (Å²) in [6.07, 6.45) is 2.66. The second-order valence-electron chi connectivity index (χ2n) is 4.74. The van der Waals surface area contributed by atoms with Crippen molar-refractivity contribution < 1.29 is 14.6 Å². The summed E-state index contributed by atoms with van der Waals surface area (Å²) in [6.45, 7) is -0.0296. The fourth-order valence-corrected chi connectivity index (χ4v) is 2.11. The number of carbonyl (C=O) groups excluding carboxylic acids is 1. The van der Waals surface area contributed by atoms with Gasteiger partial charge in [-0.1, -0.05) is 0 Å². The third-order valence-corrected chi connectivity index (χ3v) is 3.42. The Morgan fingerprint density at radius 1 is 1.50 bits per heavy atom. The quantitative estimate of drug-likeness (QED) is 0.694. The predicted molar refractivity (Wildman–Crippen MR) is 68.5 cm³/mol. The van der Waals surface area contributed by atoms with E-state index >= 15 is 0 Å². The molecule has 1 aliphatic rings. The van der Waals surface area contributed by atoms with E-state index in [1.54, 1.807) is 18.2 Å². The summed E-state index contributed by atoms with van der Waals surface area (Å²) in [5, 5.41) is 12.2. The molecule has 0 aliphatic heterocycles. The van der Waals surface area contributed by atoms with Crippen molar-refractivity contribution in [2.45, 2.75) is 24.8 Å². The number of amides is 1. The number of aliphatic hydroxyl groups excluding tert-OH is 1. The van der Waals surface area contributed by atoms with Crippen LogP contribution >= 0.6 is 0 Å². The molecule has 0 atom stereocenters. The van der Waals surface area contributed by atoms with Gasteiger partial charge in [-0.05, 0) is 31.4 Å². The molecule has 5 nitrogen and oxygen atoms in total. The largest absolute Gasteiger partial charge is 0.497 e. The highest BCUT2D eigenvalue weighted by Crippen LogP contribution is 2.31. The van der Waals surface area contributed by atoms with Crippen LogP contribution in [0.15, 0.2) is 18.2 Å². The molecule has 0 aromatic heterocycles. The minimum atomic E-state index is -0.449. The summed E-state index contributed by atoms with van der Waals surface area (Å²) in [7, 11) is 1.53. The van der Waals surface area contributed by atoms with E-state index in [0.717, 1.165) is 19.3 Å². The Kier molecular flexibility index (Phi) is 3.43. The van der Waals surface area contributed by atoms with Crippen molar-refractivity contribution in [3.05, 3.63) is 23.8 Å². The number of nitrogen functional groups attached to an aromatic ring is 1. The summed E-state index contributed by atoms with van der Waals surface area (Å²) >= 11 is 0. The summed E-state index contributed by atoms with van der Waals surface area (Å²) in [5.41, 5.74) is 6.19. The summed E-state index contributed by atoms with van der Waals surface area (Å²) in [4.78, 5) is 12.1. The van der Waals surface area contributed by atoms with Gasteiger partial charge in [0.25, 0.3) is 5.91 Å². The van der Waals surface area contributed by atoms with E-state index in [-0.39, 0.29) is 12.5 Å². The van der Waals surface area contributed by atoms with Crippen LogP contribution in [0.1, 0.15) is 29.6 Å². The summed E-state index contributed by atoms with van der Waals surface area (Å²) in [5.74, 6) is 0.321. The van der Waals surface area contributed by atoms with E-state index in [4.69, 9.17) is 10.5 Å². The van der Waals surface area contributed by atoms with Gasteiger partial charge in [0.15, 0.2) is 0 Å². The molecular formula is C13H18N2O3. The highest BCUT2D eigenvalue weighted by molar-refractivity contribution is 5.96. The van der Waals surface area contributed by atoms with Gasteiger partial charge in [0, 0.05) is 17.3 Å². The fourth-order valence-electron chi connectivity index (χ4n) is 2.11. The van der Waals surface area contributed by atoms with Crippen molar-refractivity contribution in [1.29, 1.82) is 0 Å². The van der Waals surface area contributed by atoms with Crippen molar-refractivity contribution in [2.75, 3.05) is 19.5 Å². The van der Waals surface area contributed by atoms with Gasteiger partial charge in [0.1, 0.15) is 5.75 Å². The Balaban J connectivity index is 2.15. The van der Waals surface area contributed by atoms with Crippen LogP contribution in [-0.4, -0.2) is 30.3 Å². The van der Waals surface area contributed by atoms with E-state index in [0.29, 0.717) is 17.0 Å². The van der Waals surface area contributed by atoms with Crippen LogP contribution < -0.4 is 15.8 Å². The van der Waals surface area contributed by atoms with Crippen LogP contribution in [0.5, 0.6) is 5.75 Å². The number of rotatable bonds is 4. The summed E-state index contributed by atoms with van der Waals surface area (Å²) in [6, 6.07) is 4.89. The highest BCUT2D eigenvalue weighted by atomic mass is 16.5. The van der Waals surface area contributed by atoms with E-state index < -0.39 is 5.54 Å². The third kappa shape index (κ3) is 2.41. The van der Waals surface area contributed by atoms with Crippen LogP contribution in [0.25, 0.3) is 0 Å². The maximum Gasteiger partial charge on any atom is 0.252 e. The normalized spacial score (nSPS) is 16.8. The van der Waals surface area contributed by atoms with E-state index in [9.17, 15) is 9.90 Å². The number of aliphatic hydroxyl groups is 1. The van der Waals surface area contributed by atoms with Gasteiger partial charge in [-0.3, -0.25) is 4.79 Å². The maximum absolute atomic E-state index is 12.1. The van der Waals surface area contributed by atoms with Gasteiger partial charge in [-0.25, -0.2) is 0 Å². The molecule has 1 saturated carbocycles. The number of nitrogens with two attached hydrogens (primary N) is 1. The van der Waals surface area contributed by atoms with Gasteiger partial charge in [0.2, 0.25) is 0 Å². The molecule has 0 heterocycles. The number of anilines is 1. The lowest BCUT2D eigenvalue weighted by Crippen LogP contribution is -2.56. The monoisotopic (exact) mass is 250 g/mol. The zero-order chi connectivity index (χ0) is 13.2. The number of carbonyl (C=O) groups is 1. The first-order chi connectivity index (χ1) is 8.58. The molecule has 5 heteroatoms. The van der Waals surface area contributed by atoms with Gasteiger partial charge in [-0.15, -0.1) is 0 Å². The molecule has 2 rings (SSSR count). The number of hydrogen-bond acceptors (Lipinski definition) is 4. The van der Waals surface area contributed by atoms with Crippen molar-refractivity contribution >= 4 is 11.6 Å². The van der Waals surface area contributed by atoms with Crippen LogP contribution in [-0.2, 0) is 0 Å². The second-order valence-corrected chi connectivity index (χ2v) is 4.74. The number of methoxy groups -OCH3 is 1. The molecule has 1 fully saturated rings. The molecule has 0 saturated heterocycles. The molecule has 98 valence electrons. The Morgan fingerprint density at radius 2 is 2.22 bits per heavy atom. The lowest BCUT2D eigenvalue weighted by molar-refractivity contribution is 0.0641. The van der Waals surface area contributed by atoms with E-state index in [2.05, 4.69) is 5.32 Å². The number of ether oxygens (including phenoxy) is 1. The number of nitrogens with one attached hydrogen (secondary N) is 1. The maximum atomic E-state index is 12.1. The van der Waals surface area contributed by atoms with Gasteiger partial charge in [0.05, 0.1) is 19.3 Å². The van der Waals surface area contributed by atoms with Crippen molar-refractivity contribution in [3.8, 4) is 5.75 Å². The fraction of sp³-hybridized carbons (Fsp3) is 0.462. The zero-order valence-electron chi connectivity index (χ0n) is 10.4. The second kappa shape index (κ2) is 4.86. The first kappa shape index (κ1) is 12.7. The van der Waals surface area contributed by atoms with Gasteiger partial charge in [-0.2, -0.15) is 0 Å². The van der Waals surface area contributed by atoms with E-state index in [1.807, 2.05) is 0 Å². The molecule has 0 unspecified atom stereocenters. The van der Waals surface area contributed by atoms with Crippen molar-refractivity contribution in [1.82, 2.24) is 5.32 Å². The zero-order valence-corrected chi connectivity index (χ0v) is 10.4. The highest BCUT2D eigenvalue weighted by Gasteiger charge is 2.37. The smallest absolute Gasteiger partial charge is 0.252 e. The Labute approximate surface area is 106 Å². The van der Waals surface area contributed by atoms with Crippen LogP contribution in [0.3, 0.4) is 0 Å². The average molecular weight is 250 g/mol. The summed E-state index contributed by atoms with van der Waals surface area (Å²) < 4.78 is 5.07. The van der Waals surface area contributed by atoms with Gasteiger partial charge >= 0.3 is 0 Å². The molecule has 0 radical (unpaired) electrons. The molecular weight excluding hydrogens is 232 g/mol. The van der Waals surface area contributed by atoms with E-state index in [1.165, 1.54) is 7.11 Å². The first-order valence-electron chi connectivity index (χ1n) is 5.96. The molecule has 0 bridgehead atoms. The Bertz CT molecular complexity index is 450. The average Bonchev–Trinajstić information content (AvgIpc) is 2.32. The molecule has 1 aromatic rings. The lowest BCUT2D eigenvalue weighted by Gasteiger charge is -2.40. The van der Waals surface area contributed by atoms with Crippen molar-refractivity contribution in [3.63, 3.8) is 0 Å². The lowest BCUT2D eigenvalue weighted by atomic mass is 9.77. The first-order valence-corrected chi connectivity index (χ1v) is 5.96.